The van der Waals surface area contributed by atoms with Crippen molar-refractivity contribution < 1.29 is 8.42 Å². The van der Waals surface area contributed by atoms with Gasteiger partial charge in [-0.3, -0.25) is 0 Å². The third kappa shape index (κ3) is 3.37. The molecule has 0 atom stereocenters. The van der Waals surface area contributed by atoms with Crippen LogP contribution in [-0.4, -0.2) is 25.3 Å². The minimum atomic E-state index is -3.65. The molecule has 0 unspecified atom stereocenters. The van der Waals surface area contributed by atoms with Crippen molar-refractivity contribution in [2.45, 2.75) is 37.6 Å². The molecule has 1 aromatic carbocycles. The highest BCUT2D eigenvalue weighted by Crippen LogP contribution is 2.34. The van der Waals surface area contributed by atoms with Crippen molar-refractivity contribution in [1.82, 2.24) is 4.31 Å². The number of alkyl halides is 1. The molecule has 0 aliphatic carbocycles. The Labute approximate surface area is 129 Å². The summed E-state index contributed by atoms with van der Waals surface area (Å²) in [6.07, 6.45) is 0. The van der Waals surface area contributed by atoms with E-state index in [9.17, 15) is 8.42 Å². The lowest BCUT2D eigenvalue weighted by atomic mass is 10.2. The van der Waals surface area contributed by atoms with E-state index in [0.29, 0.717) is 17.1 Å². The van der Waals surface area contributed by atoms with Gasteiger partial charge in [0.05, 0.1) is 10.9 Å². The fraction of sp³-hybridized carbons (Fsp3) is 0.500. The van der Waals surface area contributed by atoms with Gasteiger partial charge in [0.15, 0.2) is 0 Å². The van der Waals surface area contributed by atoms with Crippen LogP contribution in [0.15, 0.2) is 17.0 Å². The van der Waals surface area contributed by atoms with Crippen molar-refractivity contribution in [3.63, 3.8) is 0 Å². The summed E-state index contributed by atoms with van der Waals surface area (Å²) < 4.78 is 26.5. The SMILES string of the molecule is CCN(C(C)C)S(=O)(=O)c1ccc(Cl)c(CCl)c1Cl. The molecule has 0 aliphatic rings. The molecule has 0 saturated heterocycles. The van der Waals surface area contributed by atoms with Crippen molar-refractivity contribution in [1.29, 1.82) is 0 Å². The molecule has 0 spiro atoms. The van der Waals surface area contributed by atoms with Gasteiger partial charge in [0.1, 0.15) is 4.90 Å². The number of benzene rings is 1. The Morgan fingerprint density at radius 2 is 1.84 bits per heavy atom. The third-order valence-corrected chi connectivity index (χ3v) is 6.12. The smallest absolute Gasteiger partial charge is 0.207 e. The maximum absolute atomic E-state index is 12.6. The average molecular weight is 345 g/mol. The fourth-order valence-electron chi connectivity index (χ4n) is 1.84. The molecule has 0 heterocycles. The van der Waals surface area contributed by atoms with Crippen LogP contribution in [0.2, 0.25) is 10.0 Å². The Hall–Kier alpha value is -0.000000000000000167. The van der Waals surface area contributed by atoms with Crippen LogP contribution in [0.25, 0.3) is 0 Å². The van der Waals surface area contributed by atoms with E-state index in [-0.39, 0.29) is 21.8 Å². The summed E-state index contributed by atoms with van der Waals surface area (Å²) in [7, 11) is -3.65. The van der Waals surface area contributed by atoms with Crippen LogP contribution in [0, 0.1) is 0 Å². The largest absolute Gasteiger partial charge is 0.244 e. The summed E-state index contributed by atoms with van der Waals surface area (Å²) >= 11 is 17.8. The second kappa shape index (κ2) is 6.64. The average Bonchev–Trinajstić information content (AvgIpc) is 2.28. The van der Waals surface area contributed by atoms with E-state index in [1.165, 1.54) is 16.4 Å². The zero-order valence-electron chi connectivity index (χ0n) is 11.0. The van der Waals surface area contributed by atoms with Crippen molar-refractivity contribution in [3.05, 3.63) is 27.7 Å². The molecular weight excluding hydrogens is 329 g/mol. The van der Waals surface area contributed by atoms with Crippen LogP contribution in [0.1, 0.15) is 26.3 Å². The van der Waals surface area contributed by atoms with Gasteiger partial charge in [-0.05, 0) is 26.0 Å². The van der Waals surface area contributed by atoms with Crippen molar-refractivity contribution >= 4 is 44.8 Å². The van der Waals surface area contributed by atoms with Gasteiger partial charge in [-0.1, -0.05) is 30.1 Å². The Morgan fingerprint density at radius 1 is 1.26 bits per heavy atom. The predicted octanol–water partition coefficient (Wildman–Crippen LogP) is 4.15. The van der Waals surface area contributed by atoms with Gasteiger partial charge in [-0.25, -0.2) is 8.42 Å². The Kier molecular flexibility index (Phi) is 5.96. The fourth-order valence-corrected chi connectivity index (χ4v) is 4.79. The minimum absolute atomic E-state index is 0.0461. The quantitative estimate of drug-likeness (QED) is 0.752. The molecule has 0 fully saturated rings. The summed E-state index contributed by atoms with van der Waals surface area (Å²) in [4.78, 5) is 0.0461. The van der Waals surface area contributed by atoms with Crippen molar-refractivity contribution in [3.8, 4) is 0 Å². The number of halogens is 3. The standard InChI is InChI=1S/C12H16Cl3NO2S/c1-4-16(8(2)3)19(17,18)11-6-5-10(14)9(7-13)12(11)15/h5-6,8H,4,7H2,1-3H3. The summed E-state index contributed by atoms with van der Waals surface area (Å²) in [6.45, 7) is 5.78. The second-order valence-corrected chi connectivity index (χ2v) is 7.19. The van der Waals surface area contributed by atoms with E-state index >= 15 is 0 Å². The van der Waals surface area contributed by atoms with E-state index in [4.69, 9.17) is 34.8 Å². The van der Waals surface area contributed by atoms with Crippen molar-refractivity contribution in [2.24, 2.45) is 0 Å². The number of nitrogens with zero attached hydrogens (tertiary/aromatic N) is 1. The molecule has 108 valence electrons. The maximum atomic E-state index is 12.6. The van der Waals surface area contributed by atoms with Crippen LogP contribution >= 0.6 is 34.8 Å². The predicted molar refractivity (Wildman–Crippen MR) is 80.7 cm³/mol. The van der Waals surface area contributed by atoms with Gasteiger partial charge in [-0.15, -0.1) is 11.6 Å². The van der Waals surface area contributed by atoms with Crippen LogP contribution < -0.4 is 0 Å². The van der Waals surface area contributed by atoms with Crippen LogP contribution in [0.5, 0.6) is 0 Å². The Balaban J connectivity index is 3.46. The second-order valence-electron chi connectivity index (χ2n) is 4.27. The lowest BCUT2D eigenvalue weighted by molar-refractivity contribution is 0.369. The first-order valence-corrected chi connectivity index (χ1v) is 8.55. The minimum Gasteiger partial charge on any atom is -0.207 e. The molecule has 0 aliphatic heterocycles. The molecule has 7 heteroatoms. The number of hydrogen-bond acceptors (Lipinski definition) is 2. The van der Waals surface area contributed by atoms with E-state index in [2.05, 4.69) is 0 Å². The molecule has 1 rings (SSSR count). The summed E-state index contributed by atoms with van der Waals surface area (Å²) in [5.74, 6) is 0.0643. The van der Waals surface area contributed by atoms with E-state index < -0.39 is 10.0 Å². The van der Waals surface area contributed by atoms with E-state index in [1.807, 2.05) is 13.8 Å². The first-order chi connectivity index (χ1) is 8.77. The molecule has 0 N–H and O–H groups in total. The maximum Gasteiger partial charge on any atom is 0.244 e. The first-order valence-electron chi connectivity index (χ1n) is 5.82. The normalized spacial score (nSPS) is 12.4. The summed E-state index contributed by atoms with van der Waals surface area (Å²) in [5, 5.41) is 0.466. The highest BCUT2D eigenvalue weighted by atomic mass is 35.5. The molecule has 0 amide bonds. The zero-order valence-corrected chi connectivity index (χ0v) is 14.0. The number of sulfonamides is 1. The summed E-state index contributed by atoms with van der Waals surface area (Å²) in [6, 6.07) is 2.77. The van der Waals surface area contributed by atoms with Crippen LogP contribution in [0.4, 0.5) is 0 Å². The monoisotopic (exact) mass is 343 g/mol. The van der Waals surface area contributed by atoms with E-state index in [1.54, 1.807) is 6.92 Å². The van der Waals surface area contributed by atoms with Gasteiger partial charge in [0.2, 0.25) is 10.0 Å². The molecule has 0 bridgehead atoms. The zero-order chi connectivity index (χ0) is 14.8. The molecule has 0 aromatic heterocycles. The van der Waals surface area contributed by atoms with Crippen LogP contribution in [-0.2, 0) is 15.9 Å². The van der Waals surface area contributed by atoms with Gasteiger partial charge in [0.25, 0.3) is 0 Å². The molecule has 0 radical (unpaired) electrons. The first kappa shape index (κ1) is 17.1. The lowest BCUT2D eigenvalue weighted by Crippen LogP contribution is -2.36. The molecule has 19 heavy (non-hydrogen) atoms. The Morgan fingerprint density at radius 3 is 2.26 bits per heavy atom. The number of hydrogen-bond donors (Lipinski definition) is 0. The summed E-state index contributed by atoms with van der Waals surface area (Å²) in [5.41, 5.74) is 0.436. The lowest BCUT2D eigenvalue weighted by Gasteiger charge is -2.25. The van der Waals surface area contributed by atoms with Crippen LogP contribution in [0.3, 0.4) is 0 Å². The highest BCUT2D eigenvalue weighted by Gasteiger charge is 2.29. The Bertz CT molecular complexity index is 558. The molecule has 3 nitrogen and oxygen atoms in total. The third-order valence-electron chi connectivity index (χ3n) is 2.76. The highest BCUT2D eigenvalue weighted by molar-refractivity contribution is 7.89. The molecule has 1 aromatic rings. The van der Waals surface area contributed by atoms with Gasteiger partial charge in [-0.2, -0.15) is 4.31 Å². The number of rotatable bonds is 5. The topological polar surface area (TPSA) is 37.4 Å². The van der Waals surface area contributed by atoms with E-state index in [0.717, 1.165) is 0 Å². The van der Waals surface area contributed by atoms with Gasteiger partial charge in [0, 0.05) is 23.2 Å². The molecule has 0 saturated carbocycles. The molecular formula is C12H16Cl3NO2S. The van der Waals surface area contributed by atoms with Gasteiger partial charge < -0.3 is 0 Å². The van der Waals surface area contributed by atoms with Crippen molar-refractivity contribution in [2.75, 3.05) is 6.54 Å². The van der Waals surface area contributed by atoms with Gasteiger partial charge >= 0.3 is 0 Å².